The third-order valence-corrected chi connectivity index (χ3v) is 4.87. The minimum absolute atomic E-state index is 0.128. The Kier molecular flexibility index (Phi) is 5.99. The van der Waals surface area contributed by atoms with Gasteiger partial charge >= 0.3 is 0 Å². The molecule has 1 aliphatic heterocycles. The zero-order chi connectivity index (χ0) is 17.6. The van der Waals surface area contributed by atoms with E-state index in [0.29, 0.717) is 10.7 Å². The number of thioether (sulfide) groups is 1. The van der Waals surface area contributed by atoms with Gasteiger partial charge in [0.25, 0.3) is 5.91 Å². The molecule has 0 saturated carbocycles. The second kappa shape index (κ2) is 8.40. The average Bonchev–Trinajstić information content (AvgIpc) is 2.63. The van der Waals surface area contributed by atoms with Crippen LogP contribution in [0, 0.1) is 5.82 Å². The lowest BCUT2D eigenvalue weighted by Gasteiger charge is -2.32. The number of hydrogen-bond acceptors (Lipinski definition) is 5. The molecule has 1 amide bonds. The van der Waals surface area contributed by atoms with Crippen LogP contribution in [0.1, 0.15) is 28.8 Å². The largest absolute Gasteiger partial charge is 0.349 e. The lowest BCUT2D eigenvalue weighted by molar-refractivity contribution is 0.0908. The van der Waals surface area contributed by atoms with E-state index >= 15 is 0 Å². The van der Waals surface area contributed by atoms with Crippen LogP contribution in [0.15, 0.2) is 41.8 Å². The smallest absolute Gasteiger partial charge is 0.254 e. The highest BCUT2D eigenvalue weighted by molar-refractivity contribution is 7.98. The lowest BCUT2D eigenvalue weighted by Crippen LogP contribution is -2.44. The number of halogens is 1. The van der Waals surface area contributed by atoms with E-state index in [1.807, 2.05) is 12.3 Å². The Balaban J connectivity index is 1.47. The molecule has 1 aromatic heterocycles. The van der Waals surface area contributed by atoms with Gasteiger partial charge in [0.1, 0.15) is 5.82 Å². The Morgan fingerprint density at radius 1 is 1.32 bits per heavy atom. The summed E-state index contributed by atoms with van der Waals surface area (Å²) in [6, 6.07) is 6.86. The number of nitrogens with zero attached hydrogens (tertiary/aromatic N) is 3. The Labute approximate surface area is 151 Å². The van der Waals surface area contributed by atoms with Crippen molar-refractivity contribution in [3.63, 3.8) is 0 Å². The van der Waals surface area contributed by atoms with Crippen molar-refractivity contribution >= 4 is 17.7 Å². The number of rotatable bonds is 5. The minimum Gasteiger partial charge on any atom is -0.349 e. The highest BCUT2D eigenvalue weighted by Gasteiger charge is 2.21. The van der Waals surface area contributed by atoms with Crippen molar-refractivity contribution < 1.29 is 9.18 Å². The van der Waals surface area contributed by atoms with Crippen molar-refractivity contribution in [3.05, 3.63) is 53.6 Å². The second-order valence-electron chi connectivity index (χ2n) is 6.11. The molecular formula is C18H21FN4OS. The number of carbonyl (C=O) groups excluding carboxylic acids is 1. The lowest BCUT2D eigenvalue weighted by atomic mass is 10.0. The fourth-order valence-electron chi connectivity index (χ4n) is 2.94. The molecule has 132 valence electrons. The summed E-state index contributed by atoms with van der Waals surface area (Å²) in [4.78, 5) is 22.8. The summed E-state index contributed by atoms with van der Waals surface area (Å²) < 4.78 is 13.3. The van der Waals surface area contributed by atoms with Gasteiger partial charge in [-0.2, -0.15) is 0 Å². The van der Waals surface area contributed by atoms with Crippen molar-refractivity contribution in [1.82, 2.24) is 20.2 Å². The normalized spacial score (nSPS) is 15.9. The van der Waals surface area contributed by atoms with Gasteiger partial charge in [0, 0.05) is 38.1 Å². The fraction of sp³-hybridized carbons (Fsp3) is 0.389. The van der Waals surface area contributed by atoms with E-state index < -0.39 is 0 Å². The van der Waals surface area contributed by atoms with Gasteiger partial charge < -0.3 is 5.32 Å². The number of likely N-dealkylation sites (tertiary alicyclic amines) is 1. The zero-order valence-electron chi connectivity index (χ0n) is 14.1. The number of benzene rings is 1. The van der Waals surface area contributed by atoms with Gasteiger partial charge in [-0.25, -0.2) is 14.4 Å². The first-order valence-corrected chi connectivity index (χ1v) is 9.50. The quantitative estimate of drug-likeness (QED) is 0.656. The van der Waals surface area contributed by atoms with Crippen molar-refractivity contribution in [3.8, 4) is 0 Å². The molecule has 2 aromatic rings. The molecule has 0 radical (unpaired) electrons. The Morgan fingerprint density at radius 3 is 2.68 bits per heavy atom. The molecule has 7 heteroatoms. The van der Waals surface area contributed by atoms with Crippen molar-refractivity contribution in [2.75, 3.05) is 19.3 Å². The highest BCUT2D eigenvalue weighted by atomic mass is 32.2. The van der Waals surface area contributed by atoms with Gasteiger partial charge in [-0.3, -0.25) is 9.69 Å². The minimum atomic E-state index is -0.200. The highest BCUT2D eigenvalue weighted by Crippen LogP contribution is 2.15. The number of aromatic nitrogens is 2. The predicted molar refractivity (Wildman–Crippen MR) is 96.0 cm³/mol. The molecule has 0 spiro atoms. The van der Waals surface area contributed by atoms with Crippen LogP contribution < -0.4 is 5.32 Å². The summed E-state index contributed by atoms with van der Waals surface area (Å²) in [6.07, 6.45) is 6.78. The van der Waals surface area contributed by atoms with Crippen LogP contribution in [0.2, 0.25) is 0 Å². The summed E-state index contributed by atoms with van der Waals surface area (Å²) in [6.45, 7) is 2.50. The molecule has 1 saturated heterocycles. The van der Waals surface area contributed by atoms with E-state index in [2.05, 4.69) is 20.2 Å². The monoisotopic (exact) mass is 360 g/mol. The van der Waals surface area contributed by atoms with Crippen molar-refractivity contribution in [2.45, 2.75) is 30.6 Å². The second-order valence-corrected chi connectivity index (χ2v) is 6.89. The van der Waals surface area contributed by atoms with E-state index in [0.717, 1.165) is 38.0 Å². The topological polar surface area (TPSA) is 58.1 Å². The molecule has 2 heterocycles. The average molecular weight is 360 g/mol. The maximum Gasteiger partial charge on any atom is 0.254 e. The van der Waals surface area contributed by atoms with Crippen LogP contribution in [-0.4, -0.2) is 46.2 Å². The molecule has 1 aliphatic rings. The summed E-state index contributed by atoms with van der Waals surface area (Å²) in [5.41, 5.74) is 1.47. The molecule has 0 atom stereocenters. The van der Waals surface area contributed by atoms with Crippen LogP contribution in [0.5, 0.6) is 0 Å². The summed E-state index contributed by atoms with van der Waals surface area (Å²) in [5, 5.41) is 3.71. The zero-order valence-corrected chi connectivity index (χ0v) is 14.9. The maximum atomic E-state index is 13.3. The van der Waals surface area contributed by atoms with E-state index in [1.54, 1.807) is 24.5 Å². The summed E-state index contributed by atoms with van der Waals surface area (Å²) >= 11 is 1.44. The number of piperidine rings is 1. The number of nitrogens with one attached hydrogen (secondary N) is 1. The summed E-state index contributed by atoms with van der Waals surface area (Å²) in [7, 11) is 0. The predicted octanol–water partition coefficient (Wildman–Crippen LogP) is 2.73. The van der Waals surface area contributed by atoms with Crippen LogP contribution >= 0.6 is 11.8 Å². The Hall–Kier alpha value is -1.99. The van der Waals surface area contributed by atoms with E-state index in [-0.39, 0.29) is 17.8 Å². The van der Waals surface area contributed by atoms with Crippen molar-refractivity contribution in [2.24, 2.45) is 0 Å². The van der Waals surface area contributed by atoms with E-state index in [1.165, 1.54) is 17.8 Å². The standard InChI is InChI=1S/C18H21FN4OS/c1-25-18-20-10-14(11-21-18)17(24)22-16-5-7-23(8-6-16)12-13-3-2-4-15(19)9-13/h2-4,9-11,16H,5-8,12H2,1H3,(H,22,24). The number of carbonyl (C=O) groups is 1. The molecule has 1 N–H and O–H groups in total. The fourth-order valence-corrected chi connectivity index (χ4v) is 3.25. The van der Waals surface area contributed by atoms with Crippen LogP contribution in [-0.2, 0) is 6.54 Å². The van der Waals surface area contributed by atoms with Crippen LogP contribution in [0.4, 0.5) is 4.39 Å². The third kappa shape index (κ3) is 4.99. The first kappa shape index (κ1) is 17.8. The van der Waals surface area contributed by atoms with E-state index in [4.69, 9.17) is 0 Å². The molecule has 0 unspecified atom stereocenters. The Bertz CT molecular complexity index is 717. The molecule has 0 aliphatic carbocycles. The maximum absolute atomic E-state index is 13.3. The van der Waals surface area contributed by atoms with Gasteiger partial charge in [-0.05, 0) is 36.8 Å². The van der Waals surface area contributed by atoms with Gasteiger partial charge in [0.05, 0.1) is 5.56 Å². The van der Waals surface area contributed by atoms with Gasteiger partial charge in [-0.1, -0.05) is 23.9 Å². The third-order valence-electron chi connectivity index (χ3n) is 4.29. The molecule has 25 heavy (non-hydrogen) atoms. The molecule has 5 nitrogen and oxygen atoms in total. The molecule has 1 fully saturated rings. The molecule has 3 rings (SSSR count). The van der Waals surface area contributed by atoms with Crippen molar-refractivity contribution in [1.29, 1.82) is 0 Å². The molecular weight excluding hydrogens is 339 g/mol. The SMILES string of the molecule is CSc1ncc(C(=O)NC2CCN(Cc3cccc(F)c3)CC2)cn1. The van der Waals surface area contributed by atoms with Crippen LogP contribution in [0.25, 0.3) is 0 Å². The van der Waals surface area contributed by atoms with E-state index in [9.17, 15) is 9.18 Å². The molecule has 1 aromatic carbocycles. The van der Waals surface area contributed by atoms with Crippen LogP contribution in [0.3, 0.4) is 0 Å². The van der Waals surface area contributed by atoms with Gasteiger partial charge in [0.15, 0.2) is 5.16 Å². The first-order valence-electron chi connectivity index (χ1n) is 8.28. The van der Waals surface area contributed by atoms with Gasteiger partial charge in [0.2, 0.25) is 0 Å². The summed E-state index contributed by atoms with van der Waals surface area (Å²) in [5.74, 6) is -0.328. The Morgan fingerprint density at radius 2 is 2.04 bits per heavy atom. The number of hydrogen-bond donors (Lipinski definition) is 1. The first-order chi connectivity index (χ1) is 12.1. The molecule has 0 bridgehead atoms. The number of amides is 1. The van der Waals surface area contributed by atoms with Gasteiger partial charge in [-0.15, -0.1) is 0 Å².